The minimum Gasteiger partial charge on any atom is -0.462 e. The van der Waals surface area contributed by atoms with Gasteiger partial charge in [-0.3, -0.25) is 4.79 Å². The summed E-state index contributed by atoms with van der Waals surface area (Å²) in [6.45, 7) is -1.75. The van der Waals surface area contributed by atoms with Crippen LogP contribution in [0.1, 0.15) is 10.5 Å². The predicted molar refractivity (Wildman–Crippen MR) is 71.3 cm³/mol. The van der Waals surface area contributed by atoms with E-state index in [4.69, 9.17) is 19.7 Å². The summed E-state index contributed by atoms with van der Waals surface area (Å²) in [5.74, 6) is -0.0389. The van der Waals surface area contributed by atoms with Gasteiger partial charge in [-0.2, -0.15) is 0 Å². The first-order chi connectivity index (χ1) is 9.64. The zero-order valence-corrected chi connectivity index (χ0v) is 11.3. The summed E-state index contributed by atoms with van der Waals surface area (Å²) in [4.78, 5) is 16.1. The molecule has 0 fully saturated rings. The van der Waals surface area contributed by atoms with Crippen molar-refractivity contribution in [3.05, 3.63) is 29.5 Å². The summed E-state index contributed by atoms with van der Waals surface area (Å²) in [5.41, 5.74) is -1.34. The number of aliphatic hydroxyl groups is 3. The number of rotatable bonds is 6. The maximum atomic E-state index is 12.0. The molecule has 0 spiro atoms. The van der Waals surface area contributed by atoms with Gasteiger partial charge in [0, 0.05) is 5.38 Å². The SMILES string of the molecule is O=C(NC(CO)(CO)CO)c1csc(-c2ccco2)n1. The zero-order valence-electron chi connectivity index (χ0n) is 10.4. The fourth-order valence-corrected chi connectivity index (χ4v) is 2.23. The number of thiazole rings is 1. The molecule has 7 nitrogen and oxygen atoms in total. The van der Waals surface area contributed by atoms with Gasteiger partial charge in [0.05, 0.1) is 26.1 Å². The first-order valence-electron chi connectivity index (χ1n) is 5.78. The van der Waals surface area contributed by atoms with Gasteiger partial charge in [-0.25, -0.2) is 4.98 Å². The van der Waals surface area contributed by atoms with E-state index >= 15 is 0 Å². The van der Waals surface area contributed by atoms with E-state index in [1.54, 1.807) is 12.1 Å². The Kier molecular flexibility index (Phi) is 4.50. The van der Waals surface area contributed by atoms with Crippen LogP contribution in [0.4, 0.5) is 0 Å². The topological polar surface area (TPSA) is 116 Å². The molecule has 108 valence electrons. The lowest BCUT2D eigenvalue weighted by Gasteiger charge is -2.28. The van der Waals surface area contributed by atoms with E-state index < -0.39 is 31.3 Å². The van der Waals surface area contributed by atoms with E-state index in [0.29, 0.717) is 10.8 Å². The van der Waals surface area contributed by atoms with Gasteiger partial charge < -0.3 is 25.1 Å². The molecule has 0 aliphatic heterocycles. The Labute approximate surface area is 118 Å². The number of aromatic nitrogens is 1. The molecule has 0 aliphatic rings. The van der Waals surface area contributed by atoms with E-state index in [2.05, 4.69) is 10.3 Å². The van der Waals surface area contributed by atoms with Crippen LogP contribution in [0.15, 0.2) is 28.2 Å². The first-order valence-corrected chi connectivity index (χ1v) is 6.66. The van der Waals surface area contributed by atoms with E-state index in [1.165, 1.54) is 23.0 Å². The Morgan fingerprint density at radius 2 is 2.05 bits per heavy atom. The molecule has 1 amide bonds. The van der Waals surface area contributed by atoms with E-state index in [1.807, 2.05) is 0 Å². The smallest absolute Gasteiger partial charge is 0.271 e. The highest BCUT2D eigenvalue weighted by atomic mass is 32.1. The number of furan rings is 1. The lowest BCUT2D eigenvalue weighted by Crippen LogP contribution is -2.57. The number of hydrogen-bond acceptors (Lipinski definition) is 7. The van der Waals surface area contributed by atoms with Gasteiger partial charge in [-0.1, -0.05) is 0 Å². The summed E-state index contributed by atoms with van der Waals surface area (Å²) in [6, 6.07) is 3.44. The molecular formula is C12H14N2O5S. The van der Waals surface area contributed by atoms with Crippen LogP contribution >= 0.6 is 11.3 Å². The van der Waals surface area contributed by atoms with Crippen LogP contribution in [-0.2, 0) is 0 Å². The molecule has 0 aromatic carbocycles. The molecule has 0 saturated carbocycles. The molecule has 2 aromatic rings. The maximum absolute atomic E-state index is 12.0. The van der Waals surface area contributed by atoms with Crippen molar-refractivity contribution in [2.75, 3.05) is 19.8 Å². The summed E-state index contributed by atoms with van der Waals surface area (Å²) < 4.78 is 5.17. The van der Waals surface area contributed by atoms with Gasteiger partial charge in [0.25, 0.3) is 5.91 Å². The van der Waals surface area contributed by atoms with Crippen molar-refractivity contribution in [1.29, 1.82) is 0 Å². The van der Waals surface area contributed by atoms with Gasteiger partial charge in [-0.05, 0) is 12.1 Å². The van der Waals surface area contributed by atoms with Crippen molar-refractivity contribution in [1.82, 2.24) is 10.3 Å². The molecule has 0 unspecified atom stereocenters. The maximum Gasteiger partial charge on any atom is 0.271 e. The third-order valence-corrected chi connectivity index (χ3v) is 3.61. The van der Waals surface area contributed by atoms with Crippen molar-refractivity contribution in [2.45, 2.75) is 5.54 Å². The number of aliphatic hydroxyl groups excluding tert-OH is 3. The zero-order chi connectivity index (χ0) is 14.6. The molecule has 20 heavy (non-hydrogen) atoms. The Hall–Kier alpha value is -1.74. The van der Waals surface area contributed by atoms with Crippen LogP contribution in [0.5, 0.6) is 0 Å². The number of nitrogens with one attached hydrogen (secondary N) is 1. The molecule has 0 bridgehead atoms. The van der Waals surface area contributed by atoms with Gasteiger partial charge in [0.15, 0.2) is 10.8 Å². The minimum absolute atomic E-state index is 0.126. The second-order valence-electron chi connectivity index (χ2n) is 4.22. The molecular weight excluding hydrogens is 284 g/mol. The third-order valence-electron chi connectivity index (χ3n) is 2.76. The molecule has 0 radical (unpaired) electrons. The summed E-state index contributed by atoms with van der Waals surface area (Å²) in [7, 11) is 0. The first kappa shape index (κ1) is 14.7. The normalized spacial score (nSPS) is 11.6. The van der Waals surface area contributed by atoms with Crippen LogP contribution in [0.2, 0.25) is 0 Å². The fourth-order valence-electron chi connectivity index (χ4n) is 1.46. The Morgan fingerprint density at radius 1 is 1.35 bits per heavy atom. The van der Waals surface area contributed by atoms with Crippen molar-refractivity contribution < 1.29 is 24.5 Å². The quantitative estimate of drug-likeness (QED) is 0.589. The standard InChI is InChI=1S/C12H14N2O5S/c15-5-12(6-16,7-17)14-10(18)8-4-20-11(13-8)9-2-1-3-19-9/h1-4,15-17H,5-7H2,(H,14,18). The average molecular weight is 298 g/mol. The molecule has 2 rings (SSSR count). The summed E-state index contributed by atoms with van der Waals surface area (Å²) in [5, 5.41) is 31.9. The van der Waals surface area contributed by atoms with Gasteiger partial charge in [-0.15, -0.1) is 11.3 Å². The van der Waals surface area contributed by atoms with E-state index in [9.17, 15) is 4.79 Å². The average Bonchev–Trinajstić information content (AvgIpc) is 3.14. The molecule has 2 heterocycles. The molecule has 8 heteroatoms. The number of hydrogen-bond donors (Lipinski definition) is 4. The second kappa shape index (κ2) is 6.14. The van der Waals surface area contributed by atoms with E-state index in [-0.39, 0.29) is 5.69 Å². The summed E-state index contributed by atoms with van der Waals surface area (Å²) in [6.07, 6.45) is 1.50. The Balaban J connectivity index is 2.14. The van der Waals surface area contributed by atoms with Crippen LogP contribution in [0.3, 0.4) is 0 Å². The van der Waals surface area contributed by atoms with Gasteiger partial charge >= 0.3 is 0 Å². The lowest BCUT2D eigenvalue weighted by molar-refractivity contribution is 0.0373. The number of nitrogens with zero attached hydrogens (tertiary/aromatic N) is 1. The highest BCUT2D eigenvalue weighted by Crippen LogP contribution is 2.24. The van der Waals surface area contributed by atoms with Crippen molar-refractivity contribution >= 4 is 17.2 Å². The second-order valence-corrected chi connectivity index (χ2v) is 5.08. The highest BCUT2D eigenvalue weighted by molar-refractivity contribution is 7.13. The minimum atomic E-state index is -1.47. The molecule has 0 aliphatic carbocycles. The monoisotopic (exact) mass is 298 g/mol. The van der Waals surface area contributed by atoms with Gasteiger partial charge in [0.1, 0.15) is 11.2 Å². The van der Waals surface area contributed by atoms with Crippen molar-refractivity contribution in [2.24, 2.45) is 0 Å². The molecule has 0 atom stereocenters. The molecule has 0 saturated heterocycles. The number of amides is 1. The van der Waals surface area contributed by atoms with Crippen LogP contribution in [0.25, 0.3) is 10.8 Å². The van der Waals surface area contributed by atoms with Crippen LogP contribution < -0.4 is 5.32 Å². The highest BCUT2D eigenvalue weighted by Gasteiger charge is 2.31. The Morgan fingerprint density at radius 3 is 2.60 bits per heavy atom. The number of carbonyl (C=O) groups is 1. The van der Waals surface area contributed by atoms with Crippen LogP contribution in [0, 0.1) is 0 Å². The summed E-state index contributed by atoms with van der Waals surface area (Å²) >= 11 is 1.23. The largest absolute Gasteiger partial charge is 0.462 e. The lowest BCUT2D eigenvalue weighted by atomic mass is 10.0. The van der Waals surface area contributed by atoms with E-state index in [0.717, 1.165) is 0 Å². The fraction of sp³-hybridized carbons (Fsp3) is 0.333. The van der Waals surface area contributed by atoms with Crippen molar-refractivity contribution in [3.63, 3.8) is 0 Å². The van der Waals surface area contributed by atoms with Gasteiger partial charge in [0.2, 0.25) is 0 Å². The predicted octanol–water partition coefficient (Wildman–Crippen LogP) is -0.151. The Bertz CT molecular complexity index is 554. The number of carbonyl (C=O) groups excluding carboxylic acids is 1. The van der Waals surface area contributed by atoms with Crippen LogP contribution in [-0.4, -0.2) is 51.6 Å². The molecule has 4 N–H and O–H groups in total. The third kappa shape index (κ3) is 2.88. The van der Waals surface area contributed by atoms with Crippen molar-refractivity contribution in [3.8, 4) is 10.8 Å². The molecule has 2 aromatic heterocycles.